The number of aromatic nitrogens is 2. The molecule has 3 N–H and O–H groups in total. The first kappa shape index (κ1) is 15.5. The molecule has 6 heteroatoms. The first-order valence-corrected chi connectivity index (χ1v) is 8.38. The van der Waals surface area contributed by atoms with Crippen molar-refractivity contribution in [1.29, 1.82) is 0 Å². The van der Waals surface area contributed by atoms with Crippen molar-refractivity contribution in [1.82, 2.24) is 15.3 Å². The van der Waals surface area contributed by atoms with Crippen LogP contribution in [-0.2, 0) is 11.3 Å². The van der Waals surface area contributed by atoms with Crippen LogP contribution in [0, 0.1) is 5.92 Å². The Balaban J connectivity index is 1.57. The number of nitrogens with two attached hydrogens (primary N) is 1. The van der Waals surface area contributed by atoms with E-state index < -0.39 is 0 Å². The van der Waals surface area contributed by atoms with Gasteiger partial charge in [0.25, 0.3) is 0 Å². The molecule has 1 aromatic heterocycles. The molecule has 1 aliphatic carbocycles. The molecule has 3 rings (SSSR count). The summed E-state index contributed by atoms with van der Waals surface area (Å²) in [5.74, 6) is 1.99. The monoisotopic (exact) mass is 305 g/mol. The number of anilines is 2. The summed E-state index contributed by atoms with van der Waals surface area (Å²) in [6.45, 7) is 3.34. The highest BCUT2D eigenvalue weighted by molar-refractivity contribution is 5.44. The van der Waals surface area contributed by atoms with Crippen LogP contribution >= 0.6 is 0 Å². The van der Waals surface area contributed by atoms with E-state index in [0.717, 1.165) is 43.5 Å². The molecule has 0 spiro atoms. The van der Waals surface area contributed by atoms with Crippen molar-refractivity contribution in [2.24, 2.45) is 5.92 Å². The molecular weight excluding hydrogens is 278 g/mol. The summed E-state index contributed by atoms with van der Waals surface area (Å²) in [4.78, 5) is 11.0. The molecule has 0 radical (unpaired) electrons. The molecule has 1 atom stereocenters. The molecule has 0 bridgehead atoms. The Bertz CT molecular complexity index is 489. The lowest BCUT2D eigenvalue weighted by Gasteiger charge is -2.18. The van der Waals surface area contributed by atoms with Gasteiger partial charge in [0.15, 0.2) is 0 Å². The van der Waals surface area contributed by atoms with E-state index in [4.69, 9.17) is 10.5 Å². The highest BCUT2D eigenvalue weighted by Gasteiger charge is 2.23. The molecule has 22 heavy (non-hydrogen) atoms. The smallest absolute Gasteiger partial charge is 0.222 e. The van der Waals surface area contributed by atoms with Gasteiger partial charge in [0.1, 0.15) is 5.82 Å². The highest BCUT2D eigenvalue weighted by Crippen LogP contribution is 2.25. The van der Waals surface area contributed by atoms with E-state index in [1.165, 1.54) is 25.7 Å². The molecule has 1 saturated carbocycles. The third kappa shape index (κ3) is 3.87. The molecule has 1 saturated heterocycles. The van der Waals surface area contributed by atoms with E-state index in [2.05, 4.69) is 20.2 Å². The van der Waals surface area contributed by atoms with Crippen molar-refractivity contribution >= 4 is 11.8 Å². The zero-order valence-electron chi connectivity index (χ0n) is 13.4. The van der Waals surface area contributed by atoms with Crippen molar-refractivity contribution in [3.8, 4) is 0 Å². The molecule has 6 nitrogen and oxygen atoms in total. The fourth-order valence-corrected chi connectivity index (χ4v) is 3.45. The summed E-state index contributed by atoms with van der Waals surface area (Å²) >= 11 is 0. The number of hydrogen-bond donors (Lipinski definition) is 2. The fourth-order valence-electron chi connectivity index (χ4n) is 3.45. The van der Waals surface area contributed by atoms with E-state index in [1.807, 2.05) is 13.1 Å². The largest absolute Gasteiger partial charge is 0.375 e. The number of rotatable bonds is 6. The predicted molar refractivity (Wildman–Crippen MR) is 87.7 cm³/mol. The van der Waals surface area contributed by atoms with Gasteiger partial charge < -0.3 is 20.7 Å². The van der Waals surface area contributed by atoms with Gasteiger partial charge in [-0.2, -0.15) is 4.98 Å². The normalized spacial score (nSPS) is 22.6. The summed E-state index contributed by atoms with van der Waals surface area (Å²) in [6.07, 6.45) is 6.43. The van der Waals surface area contributed by atoms with Crippen LogP contribution < -0.4 is 16.0 Å². The topological polar surface area (TPSA) is 76.3 Å². The van der Waals surface area contributed by atoms with Gasteiger partial charge in [0.2, 0.25) is 5.95 Å². The van der Waals surface area contributed by atoms with Gasteiger partial charge in [-0.1, -0.05) is 12.8 Å². The predicted octanol–water partition coefficient (Wildman–Crippen LogP) is 1.56. The third-order valence-corrected chi connectivity index (χ3v) is 4.78. The lowest BCUT2D eigenvalue weighted by Crippen LogP contribution is -2.30. The van der Waals surface area contributed by atoms with Crippen LogP contribution in [0.15, 0.2) is 6.07 Å². The first-order chi connectivity index (χ1) is 10.7. The van der Waals surface area contributed by atoms with Crippen LogP contribution in [0.5, 0.6) is 0 Å². The van der Waals surface area contributed by atoms with Crippen LogP contribution in [0.1, 0.15) is 37.8 Å². The van der Waals surface area contributed by atoms with Gasteiger partial charge in [-0.05, 0) is 32.2 Å². The minimum Gasteiger partial charge on any atom is -0.375 e. The number of nitrogens with zero attached hydrogens (tertiary/aromatic N) is 3. The Kier molecular flexibility index (Phi) is 5.10. The summed E-state index contributed by atoms with van der Waals surface area (Å²) in [5, 5.41) is 3.32. The SMILES string of the molecule is CN[C@@H]1CCN(c2cc(COCC3CCCC3)nc(N)n2)C1. The number of ether oxygens (including phenoxy) is 1. The van der Waals surface area contributed by atoms with Crippen LogP contribution in [0.2, 0.25) is 0 Å². The molecular formula is C16H27N5O. The molecule has 2 heterocycles. The molecule has 0 amide bonds. The highest BCUT2D eigenvalue weighted by atomic mass is 16.5. The Morgan fingerprint density at radius 3 is 2.86 bits per heavy atom. The first-order valence-electron chi connectivity index (χ1n) is 8.38. The van der Waals surface area contributed by atoms with Crippen molar-refractivity contribution in [2.75, 3.05) is 37.4 Å². The summed E-state index contributed by atoms with van der Waals surface area (Å²) in [5.41, 5.74) is 6.75. The van der Waals surface area contributed by atoms with Crippen molar-refractivity contribution in [2.45, 2.75) is 44.8 Å². The molecule has 0 aromatic carbocycles. The van der Waals surface area contributed by atoms with Crippen LogP contribution in [0.25, 0.3) is 0 Å². The molecule has 2 aliphatic rings. The van der Waals surface area contributed by atoms with Crippen LogP contribution in [0.3, 0.4) is 0 Å². The van der Waals surface area contributed by atoms with Crippen molar-refractivity contribution in [3.63, 3.8) is 0 Å². The van der Waals surface area contributed by atoms with E-state index in [-0.39, 0.29) is 0 Å². The molecule has 122 valence electrons. The summed E-state index contributed by atoms with van der Waals surface area (Å²) < 4.78 is 5.84. The number of nitrogen functional groups attached to an aromatic ring is 1. The third-order valence-electron chi connectivity index (χ3n) is 4.78. The Hall–Kier alpha value is -1.40. The molecule has 1 aromatic rings. The number of nitrogens with one attached hydrogen (secondary N) is 1. The second-order valence-corrected chi connectivity index (χ2v) is 6.46. The molecule has 1 aliphatic heterocycles. The van der Waals surface area contributed by atoms with E-state index >= 15 is 0 Å². The Morgan fingerprint density at radius 2 is 2.14 bits per heavy atom. The van der Waals surface area contributed by atoms with Gasteiger partial charge in [-0.15, -0.1) is 0 Å². The zero-order valence-corrected chi connectivity index (χ0v) is 13.4. The molecule has 2 fully saturated rings. The fraction of sp³-hybridized carbons (Fsp3) is 0.750. The van der Waals surface area contributed by atoms with E-state index in [9.17, 15) is 0 Å². The van der Waals surface area contributed by atoms with E-state index in [0.29, 0.717) is 18.6 Å². The maximum absolute atomic E-state index is 5.87. The quantitative estimate of drug-likeness (QED) is 0.831. The lowest BCUT2D eigenvalue weighted by molar-refractivity contribution is 0.0867. The van der Waals surface area contributed by atoms with Crippen LogP contribution in [-0.4, -0.2) is 42.8 Å². The van der Waals surface area contributed by atoms with Gasteiger partial charge in [-0.3, -0.25) is 0 Å². The molecule has 0 unspecified atom stereocenters. The minimum atomic E-state index is 0.338. The Morgan fingerprint density at radius 1 is 1.32 bits per heavy atom. The maximum Gasteiger partial charge on any atom is 0.222 e. The second-order valence-electron chi connectivity index (χ2n) is 6.46. The average molecular weight is 305 g/mol. The van der Waals surface area contributed by atoms with E-state index in [1.54, 1.807) is 0 Å². The summed E-state index contributed by atoms with van der Waals surface area (Å²) in [7, 11) is 2.00. The van der Waals surface area contributed by atoms with Crippen molar-refractivity contribution in [3.05, 3.63) is 11.8 Å². The van der Waals surface area contributed by atoms with Gasteiger partial charge in [0, 0.05) is 31.8 Å². The number of likely N-dealkylation sites (N-methyl/N-ethyl adjacent to an activating group) is 1. The number of hydrogen-bond acceptors (Lipinski definition) is 6. The van der Waals surface area contributed by atoms with Gasteiger partial charge >= 0.3 is 0 Å². The minimum absolute atomic E-state index is 0.338. The average Bonchev–Trinajstić information content (AvgIpc) is 3.18. The van der Waals surface area contributed by atoms with Gasteiger partial charge in [-0.25, -0.2) is 4.98 Å². The Labute approximate surface area is 132 Å². The summed E-state index contributed by atoms with van der Waals surface area (Å²) in [6, 6.07) is 2.54. The van der Waals surface area contributed by atoms with Crippen molar-refractivity contribution < 1.29 is 4.74 Å². The zero-order chi connectivity index (χ0) is 15.4. The standard InChI is InChI=1S/C16H27N5O/c1-18-13-6-7-21(9-13)15-8-14(19-16(17)20-15)11-22-10-12-4-2-3-5-12/h8,12-13,18H,2-7,9-11H2,1H3,(H2,17,19,20)/t13-/m1/s1. The second kappa shape index (κ2) is 7.24. The van der Waals surface area contributed by atoms with Gasteiger partial charge in [0.05, 0.1) is 12.3 Å². The lowest BCUT2D eigenvalue weighted by atomic mass is 10.1. The van der Waals surface area contributed by atoms with Crippen LogP contribution in [0.4, 0.5) is 11.8 Å². The maximum atomic E-state index is 5.87.